The summed E-state index contributed by atoms with van der Waals surface area (Å²) >= 11 is 1.81. The van der Waals surface area contributed by atoms with Crippen LogP contribution in [0.2, 0.25) is 0 Å². The van der Waals surface area contributed by atoms with Crippen LogP contribution in [0.3, 0.4) is 0 Å². The van der Waals surface area contributed by atoms with Gasteiger partial charge in [-0.3, -0.25) is 14.6 Å². The Hall–Kier alpha value is -0.950. The van der Waals surface area contributed by atoms with E-state index in [0.717, 1.165) is 52.4 Å². The van der Waals surface area contributed by atoms with E-state index in [1.807, 2.05) is 16.2 Å². The summed E-state index contributed by atoms with van der Waals surface area (Å²) in [4.78, 5) is 20.7. The fourth-order valence-corrected chi connectivity index (χ4v) is 3.92. The largest absolute Gasteiger partial charge is 0.339 e. The third-order valence-electron chi connectivity index (χ3n) is 4.66. The topological polar surface area (TPSA) is 38.8 Å². The minimum atomic E-state index is 0.296. The highest BCUT2D eigenvalue weighted by Crippen LogP contribution is 2.14. The average molecular weight is 322 g/mol. The maximum absolute atomic E-state index is 12.5. The van der Waals surface area contributed by atoms with E-state index in [-0.39, 0.29) is 0 Å². The molecule has 3 heterocycles. The smallest absolute Gasteiger partial charge is 0.236 e. The monoisotopic (exact) mass is 322 g/mol. The van der Waals surface area contributed by atoms with Gasteiger partial charge in [-0.1, -0.05) is 6.07 Å². The molecule has 0 saturated carbocycles. The van der Waals surface area contributed by atoms with Gasteiger partial charge in [0.2, 0.25) is 5.91 Å². The molecule has 6 heteroatoms. The Morgan fingerprint density at radius 2 is 2.14 bits per heavy atom. The third kappa shape index (κ3) is 4.07. The van der Waals surface area contributed by atoms with Crippen LogP contribution >= 0.6 is 11.3 Å². The lowest BCUT2D eigenvalue weighted by Crippen LogP contribution is -2.55. The molecule has 0 aromatic carbocycles. The van der Waals surface area contributed by atoms with Gasteiger partial charge in [-0.2, -0.15) is 0 Å². The maximum Gasteiger partial charge on any atom is 0.236 e. The van der Waals surface area contributed by atoms with Crippen molar-refractivity contribution in [2.24, 2.45) is 0 Å². The van der Waals surface area contributed by atoms with Gasteiger partial charge in [-0.25, -0.2) is 0 Å². The molecule has 0 spiro atoms. The lowest BCUT2D eigenvalue weighted by molar-refractivity contribution is -0.135. The molecule has 5 nitrogen and oxygen atoms in total. The molecule has 1 atom stereocenters. The van der Waals surface area contributed by atoms with Gasteiger partial charge in [0.1, 0.15) is 0 Å². The third-order valence-corrected chi connectivity index (χ3v) is 5.52. The lowest BCUT2D eigenvalue weighted by Gasteiger charge is -2.38. The SMILES string of the molecule is C[C@@H]1CNCCN1CC(=O)N1CCN(Cc2cccs2)CC1. The number of hydrogen-bond donors (Lipinski definition) is 1. The molecule has 0 radical (unpaired) electrons. The van der Waals surface area contributed by atoms with Gasteiger partial charge in [-0.05, 0) is 18.4 Å². The molecule has 0 bridgehead atoms. The van der Waals surface area contributed by atoms with Crippen molar-refractivity contribution in [3.63, 3.8) is 0 Å². The van der Waals surface area contributed by atoms with E-state index in [2.05, 4.69) is 39.6 Å². The molecule has 1 aromatic heterocycles. The summed E-state index contributed by atoms with van der Waals surface area (Å²) in [5, 5.41) is 5.50. The number of piperazine rings is 2. The van der Waals surface area contributed by atoms with E-state index in [4.69, 9.17) is 0 Å². The summed E-state index contributed by atoms with van der Waals surface area (Å²) in [6.07, 6.45) is 0. The first-order valence-corrected chi connectivity index (χ1v) is 9.07. The average Bonchev–Trinajstić information content (AvgIpc) is 3.03. The first-order chi connectivity index (χ1) is 10.7. The Bertz CT molecular complexity index is 471. The van der Waals surface area contributed by atoms with Gasteiger partial charge in [0.15, 0.2) is 0 Å². The molecule has 3 rings (SSSR count). The van der Waals surface area contributed by atoms with Gasteiger partial charge >= 0.3 is 0 Å². The summed E-state index contributed by atoms with van der Waals surface area (Å²) in [6.45, 7) is 10.5. The summed E-state index contributed by atoms with van der Waals surface area (Å²) < 4.78 is 0. The number of thiophene rings is 1. The first kappa shape index (κ1) is 15.9. The van der Waals surface area contributed by atoms with Crippen molar-refractivity contribution >= 4 is 17.2 Å². The molecule has 1 amide bonds. The number of amides is 1. The highest BCUT2D eigenvalue weighted by Gasteiger charge is 2.25. The zero-order chi connectivity index (χ0) is 15.4. The van der Waals surface area contributed by atoms with Crippen LogP contribution < -0.4 is 5.32 Å². The van der Waals surface area contributed by atoms with Gasteiger partial charge in [0.05, 0.1) is 6.54 Å². The highest BCUT2D eigenvalue weighted by molar-refractivity contribution is 7.09. The summed E-state index contributed by atoms with van der Waals surface area (Å²) in [6, 6.07) is 4.75. The van der Waals surface area contributed by atoms with Crippen molar-refractivity contribution in [3.05, 3.63) is 22.4 Å². The maximum atomic E-state index is 12.5. The molecule has 122 valence electrons. The molecule has 1 aromatic rings. The first-order valence-electron chi connectivity index (χ1n) is 8.19. The quantitative estimate of drug-likeness (QED) is 0.885. The van der Waals surface area contributed by atoms with Crippen LogP contribution in [0.4, 0.5) is 0 Å². The van der Waals surface area contributed by atoms with Crippen LogP contribution in [0.1, 0.15) is 11.8 Å². The second kappa shape index (κ2) is 7.55. The van der Waals surface area contributed by atoms with E-state index in [1.54, 1.807) is 0 Å². The standard InChI is InChI=1S/C16H26N4OS/c1-14-11-17-4-5-20(14)13-16(21)19-8-6-18(7-9-19)12-15-3-2-10-22-15/h2-3,10,14,17H,4-9,11-13H2,1H3/t14-/m1/s1. The number of rotatable bonds is 4. The fourth-order valence-electron chi connectivity index (χ4n) is 3.17. The molecule has 2 fully saturated rings. The second-order valence-electron chi connectivity index (χ2n) is 6.26. The molecular weight excluding hydrogens is 296 g/mol. The van der Waals surface area contributed by atoms with Crippen LogP contribution in [0.15, 0.2) is 17.5 Å². The van der Waals surface area contributed by atoms with Crippen molar-refractivity contribution in [1.29, 1.82) is 0 Å². The molecule has 0 unspecified atom stereocenters. The molecule has 2 aliphatic heterocycles. The van der Waals surface area contributed by atoms with Crippen LogP contribution in [0.25, 0.3) is 0 Å². The van der Waals surface area contributed by atoms with Crippen molar-refractivity contribution in [2.45, 2.75) is 19.5 Å². The number of hydrogen-bond acceptors (Lipinski definition) is 5. The van der Waals surface area contributed by atoms with Crippen molar-refractivity contribution in [2.75, 3.05) is 52.4 Å². The molecule has 2 aliphatic rings. The molecule has 22 heavy (non-hydrogen) atoms. The number of carbonyl (C=O) groups is 1. The predicted octanol–water partition coefficient (Wildman–Crippen LogP) is 0.686. The van der Waals surface area contributed by atoms with Crippen LogP contribution in [-0.2, 0) is 11.3 Å². The van der Waals surface area contributed by atoms with Crippen molar-refractivity contribution in [3.8, 4) is 0 Å². The van der Waals surface area contributed by atoms with E-state index in [1.165, 1.54) is 4.88 Å². The predicted molar refractivity (Wildman–Crippen MR) is 90.1 cm³/mol. The van der Waals surface area contributed by atoms with E-state index in [0.29, 0.717) is 18.5 Å². The van der Waals surface area contributed by atoms with Gasteiger partial charge in [0.25, 0.3) is 0 Å². The molecule has 1 N–H and O–H groups in total. The minimum absolute atomic E-state index is 0.296. The number of nitrogens with zero attached hydrogens (tertiary/aromatic N) is 3. The normalized spacial score (nSPS) is 24.6. The zero-order valence-electron chi connectivity index (χ0n) is 13.3. The Morgan fingerprint density at radius 1 is 1.32 bits per heavy atom. The lowest BCUT2D eigenvalue weighted by atomic mass is 10.2. The summed E-state index contributed by atoms with van der Waals surface area (Å²) in [5.74, 6) is 0.296. The Kier molecular flexibility index (Phi) is 5.46. The van der Waals surface area contributed by atoms with Crippen LogP contribution in [0, 0.1) is 0 Å². The minimum Gasteiger partial charge on any atom is -0.339 e. The highest BCUT2D eigenvalue weighted by atomic mass is 32.1. The van der Waals surface area contributed by atoms with Crippen LogP contribution in [-0.4, -0.2) is 79.0 Å². The molecule has 2 saturated heterocycles. The Balaban J connectivity index is 1.43. The van der Waals surface area contributed by atoms with Crippen molar-refractivity contribution < 1.29 is 4.79 Å². The Labute approximate surface area is 136 Å². The van der Waals surface area contributed by atoms with Gasteiger partial charge < -0.3 is 10.2 Å². The van der Waals surface area contributed by atoms with E-state index < -0.39 is 0 Å². The van der Waals surface area contributed by atoms with Gasteiger partial charge in [0, 0.05) is 63.3 Å². The van der Waals surface area contributed by atoms with E-state index >= 15 is 0 Å². The zero-order valence-corrected chi connectivity index (χ0v) is 14.1. The second-order valence-corrected chi connectivity index (χ2v) is 7.29. The summed E-state index contributed by atoms with van der Waals surface area (Å²) in [5.41, 5.74) is 0. The van der Waals surface area contributed by atoms with Gasteiger partial charge in [-0.15, -0.1) is 11.3 Å². The Morgan fingerprint density at radius 3 is 2.82 bits per heavy atom. The van der Waals surface area contributed by atoms with Crippen molar-refractivity contribution in [1.82, 2.24) is 20.0 Å². The van der Waals surface area contributed by atoms with E-state index in [9.17, 15) is 4.79 Å². The number of nitrogens with one attached hydrogen (secondary N) is 1. The fraction of sp³-hybridized carbons (Fsp3) is 0.688. The molecular formula is C16H26N4OS. The summed E-state index contributed by atoms with van der Waals surface area (Å²) in [7, 11) is 0. The van der Waals surface area contributed by atoms with Crippen LogP contribution in [0.5, 0.6) is 0 Å². The molecule has 0 aliphatic carbocycles. The number of carbonyl (C=O) groups excluding carboxylic acids is 1.